The molecule has 1 aliphatic carbocycles. The zero-order valence-corrected chi connectivity index (χ0v) is 13.7. The standard InChI is InChI=1S/C12H15ClF2N2O3S.ClH/c13-9-5-8(3-4-11(9)20-12(14)15)21(18,19)17-10(6-16)7-1-2-7;/h3-5,7,10,12,17H,1-2,6,16H2;1H. The Morgan fingerprint density at radius 3 is 2.50 bits per heavy atom. The van der Waals surface area contributed by atoms with Crippen molar-refractivity contribution in [2.75, 3.05) is 6.54 Å². The van der Waals surface area contributed by atoms with Crippen LogP contribution < -0.4 is 15.2 Å². The van der Waals surface area contributed by atoms with E-state index >= 15 is 0 Å². The van der Waals surface area contributed by atoms with Crippen LogP contribution in [0.5, 0.6) is 5.75 Å². The summed E-state index contributed by atoms with van der Waals surface area (Å²) in [5.74, 6) is -0.0233. The molecule has 1 saturated carbocycles. The minimum atomic E-state index is -3.80. The molecule has 0 radical (unpaired) electrons. The second kappa shape index (κ2) is 7.74. The topological polar surface area (TPSA) is 81.4 Å². The lowest BCUT2D eigenvalue weighted by Gasteiger charge is -2.16. The van der Waals surface area contributed by atoms with E-state index in [9.17, 15) is 17.2 Å². The monoisotopic (exact) mass is 376 g/mol. The van der Waals surface area contributed by atoms with E-state index in [0.717, 1.165) is 31.0 Å². The maximum atomic E-state index is 12.2. The first-order valence-electron chi connectivity index (χ1n) is 6.30. The van der Waals surface area contributed by atoms with Crippen LogP contribution in [-0.4, -0.2) is 27.6 Å². The molecule has 0 aromatic heterocycles. The Labute approximate surface area is 138 Å². The fourth-order valence-electron chi connectivity index (χ4n) is 1.94. The third-order valence-electron chi connectivity index (χ3n) is 3.18. The molecule has 1 aliphatic rings. The van der Waals surface area contributed by atoms with E-state index in [4.69, 9.17) is 17.3 Å². The van der Waals surface area contributed by atoms with Crippen molar-refractivity contribution in [3.05, 3.63) is 23.2 Å². The molecule has 5 nitrogen and oxygen atoms in total. The van der Waals surface area contributed by atoms with Crippen molar-refractivity contribution in [3.63, 3.8) is 0 Å². The molecule has 1 unspecified atom stereocenters. The summed E-state index contributed by atoms with van der Waals surface area (Å²) >= 11 is 5.75. The van der Waals surface area contributed by atoms with Gasteiger partial charge >= 0.3 is 6.61 Å². The van der Waals surface area contributed by atoms with Gasteiger partial charge in [0.25, 0.3) is 0 Å². The van der Waals surface area contributed by atoms with E-state index in [1.807, 2.05) is 0 Å². The van der Waals surface area contributed by atoms with E-state index in [2.05, 4.69) is 9.46 Å². The molecule has 3 N–H and O–H groups in total. The third kappa shape index (κ3) is 4.92. The summed E-state index contributed by atoms with van der Waals surface area (Å²) in [7, 11) is -3.80. The highest BCUT2D eigenvalue weighted by atomic mass is 35.5. The number of benzene rings is 1. The summed E-state index contributed by atoms with van der Waals surface area (Å²) < 4.78 is 55.3. The quantitative estimate of drug-likeness (QED) is 0.765. The minimum absolute atomic E-state index is 0. The van der Waals surface area contributed by atoms with Crippen molar-refractivity contribution in [1.29, 1.82) is 0 Å². The van der Waals surface area contributed by atoms with Gasteiger partial charge < -0.3 is 10.5 Å². The first-order chi connectivity index (χ1) is 9.83. The predicted octanol–water partition coefficient (Wildman–Crippen LogP) is 2.38. The van der Waals surface area contributed by atoms with Crippen LogP contribution in [0.25, 0.3) is 0 Å². The van der Waals surface area contributed by atoms with Crippen LogP contribution in [0.4, 0.5) is 8.78 Å². The molecule has 1 aromatic rings. The Morgan fingerprint density at radius 2 is 2.05 bits per heavy atom. The van der Waals surface area contributed by atoms with Crippen LogP contribution in [0.15, 0.2) is 23.1 Å². The highest BCUT2D eigenvalue weighted by Crippen LogP contribution is 2.33. The van der Waals surface area contributed by atoms with Gasteiger partial charge in [-0.2, -0.15) is 8.78 Å². The van der Waals surface area contributed by atoms with Gasteiger partial charge in [0, 0.05) is 12.6 Å². The van der Waals surface area contributed by atoms with Crippen molar-refractivity contribution in [2.24, 2.45) is 11.7 Å². The smallest absolute Gasteiger partial charge is 0.387 e. The lowest BCUT2D eigenvalue weighted by molar-refractivity contribution is -0.0498. The van der Waals surface area contributed by atoms with Gasteiger partial charge in [0.2, 0.25) is 10.0 Å². The van der Waals surface area contributed by atoms with Crippen LogP contribution in [0.1, 0.15) is 12.8 Å². The highest BCUT2D eigenvalue weighted by molar-refractivity contribution is 7.89. The zero-order valence-electron chi connectivity index (χ0n) is 11.3. The zero-order chi connectivity index (χ0) is 15.6. The van der Waals surface area contributed by atoms with Gasteiger partial charge in [0.05, 0.1) is 9.92 Å². The summed E-state index contributed by atoms with van der Waals surface area (Å²) in [6.45, 7) is -2.83. The van der Waals surface area contributed by atoms with E-state index in [-0.39, 0.29) is 46.6 Å². The lowest BCUT2D eigenvalue weighted by atomic mass is 10.2. The average molecular weight is 377 g/mol. The summed E-state index contributed by atoms with van der Waals surface area (Å²) in [5, 5.41) is -0.200. The lowest BCUT2D eigenvalue weighted by Crippen LogP contribution is -2.41. The maximum absolute atomic E-state index is 12.2. The van der Waals surface area contributed by atoms with Crippen LogP contribution >= 0.6 is 24.0 Å². The van der Waals surface area contributed by atoms with E-state index in [0.29, 0.717) is 0 Å². The number of hydrogen-bond acceptors (Lipinski definition) is 4. The molecule has 1 fully saturated rings. The Hall–Kier alpha value is -0.670. The first-order valence-corrected chi connectivity index (χ1v) is 8.16. The SMILES string of the molecule is Cl.NCC(NS(=O)(=O)c1ccc(OC(F)F)c(Cl)c1)C1CC1. The molecule has 126 valence electrons. The number of rotatable bonds is 7. The van der Waals surface area contributed by atoms with E-state index in [1.54, 1.807) is 0 Å². The maximum Gasteiger partial charge on any atom is 0.387 e. The van der Waals surface area contributed by atoms with Gasteiger partial charge in [0.1, 0.15) is 5.75 Å². The largest absolute Gasteiger partial charge is 0.433 e. The van der Waals surface area contributed by atoms with Crippen LogP contribution in [0, 0.1) is 5.92 Å². The van der Waals surface area contributed by atoms with Gasteiger partial charge in [-0.05, 0) is 37.0 Å². The van der Waals surface area contributed by atoms with Crippen molar-refractivity contribution < 1.29 is 21.9 Å². The summed E-state index contributed by atoms with van der Waals surface area (Å²) in [6.07, 6.45) is 1.87. The Bertz CT molecular complexity index is 612. The molecule has 0 amide bonds. The minimum Gasteiger partial charge on any atom is -0.433 e. The van der Waals surface area contributed by atoms with Gasteiger partial charge in [-0.15, -0.1) is 12.4 Å². The van der Waals surface area contributed by atoms with Gasteiger partial charge in [-0.3, -0.25) is 0 Å². The molecule has 0 aliphatic heterocycles. The predicted molar refractivity (Wildman–Crippen MR) is 81.2 cm³/mol. The fraction of sp³-hybridized carbons (Fsp3) is 0.500. The Kier molecular flexibility index (Phi) is 6.82. The number of ether oxygens (including phenoxy) is 1. The molecular formula is C12H16Cl2F2N2O3S. The molecule has 1 atom stereocenters. The second-order valence-electron chi connectivity index (χ2n) is 4.77. The van der Waals surface area contributed by atoms with Gasteiger partial charge in [-0.25, -0.2) is 13.1 Å². The van der Waals surface area contributed by atoms with Crippen molar-refractivity contribution >= 4 is 34.0 Å². The van der Waals surface area contributed by atoms with Crippen molar-refractivity contribution in [3.8, 4) is 5.75 Å². The van der Waals surface area contributed by atoms with Crippen LogP contribution in [0.2, 0.25) is 5.02 Å². The normalized spacial score (nSPS) is 16.2. The summed E-state index contributed by atoms with van der Waals surface area (Å²) in [4.78, 5) is -0.117. The van der Waals surface area contributed by atoms with E-state index < -0.39 is 16.6 Å². The highest BCUT2D eigenvalue weighted by Gasteiger charge is 2.33. The molecule has 1 aromatic carbocycles. The molecule has 10 heteroatoms. The van der Waals surface area contributed by atoms with Crippen molar-refractivity contribution in [1.82, 2.24) is 4.72 Å². The Morgan fingerprint density at radius 1 is 1.41 bits per heavy atom. The van der Waals surface area contributed by atoms with Gasteiger partial charge in [-0.1, -0.05) is 11.6 Å². The molecule has 0 heterocycles. The average Bonchev–Trinajstić information content (AvgIpc) is 3.22. The number of nitrogens with one attached hydrogen (secondary N) is 1. The molecule has 0 bridgehead atoms. The fourth-order valence-corrected chi connectivity index (χ4v) is 3.58. The molecule has 22 heavy (non-hydrogen) atoms. The summed E-state index contributed by atoms with van der Waals surface area (Å²) in [6, 6.07) is 3.00. The third-order valence-corrected chi connectivity index (χ3v) is 4.96. The molecule has 2 rings (SSSR count). The second-order valence-corrected chi connectivity index (χ2v) is 6.89. The summed E-state index contributed by atoms with van der Waals surface area (Å²) in [5.41, 5.74) is 5.55. The number of hydrogen-bond donors (Lipinski definition) is 2. The molecule has 0 saturated heterocycles. The Balaban J connectivity index is 0.00000242. The van der Waals surface area contributed by atoms with Gasteiger partial charge in [0.15, 0.2) is 0 Å². The number of alkyl halides is 2. The number of halogens is 4. The van der Waals surface area contributed by atoms with E-state index in [1.165, 1.54) is 0 Å². The van der Waals surface area contributed by atoms with Crippen molar-refractivity contribution in [2.45, 2.75) is 30.4 Å². The first kappa shape index (κ1) is 19.4. The molecular weight excluding hydrogens is 361 g/mol. The van der Waals surface area contributed by atoms with Crippen LogP contribution in [-0.2, 0) is 10.0 Å². The molecule has 0 spiro atoms. The van der Waals surface area contributed by atoms with Crippen LogP contribution in [0.3, 0.4) is 0 Å². The number of nitrogens with two attached hydrogens (primary N) is 1. The number of sulfonamides is 1.